The van der Waals surface area contributed by atoms with Gasteiger partial charge in [0.05, 0.1) is 12.0 Å². The molecular weight excluding hydrogens is 242 g/mol. The summed E-state index contributed by atoms with van der Waals surface area (Å²) in [5.41, 5.74) is 2.14. The number of nitrogens with zero attached hydrogens (tertiary/aromatic N) is 1. The molecule has 1 atom stereocenters. The van der Waals surface area contributed by atoms with Crippen molar-refractivity contribution in [2.45, 2.75) is 26.9 Å². The van der Waals surface area contributed by atoms with Crippen LogP contribution >= 0.6 is 11.6 Å². The van der Waals surface area contributed by atoms with Crippen LogP contribution < -0.4 is 0 Å². The number of halogens is 1. The number of hydrogen-bond acceptors (Lipinski definition) is 4. The first-order chi connectivity index (χ1) is 7.99. The van der Waals surface area contributed by atoms with Gasteiger partial charge in [-0.3, -0.25) is 4.79 Å². The number of carbonyl (C=O) groups is 1. The molecule has 2 aromatic heterocycles. The second kappa shape index (κ2) is 4.37. The first-order valence-electron chi connectivity index (χ1n) is 5.20. The van der Waals surface area contributed by atoms with E-state index in [0.717, 1.165) is 10.9 Å². The van der Waals surface area contributed by atoms with Gasteiger partial charge in [-0.25, -0.2) is 4.98 Å². The summed E-state index contributed by atoms with van der Waals surface area (Å²) in [7, 11) is 0. The molecule has 17 heavy (non-hydrogen) atoms. The molecule has 5 heteroatoms. The zero-order valence-corrected chi connectivity index (χ0v) is 10.5. The van der Waals surface area contributed by atoms with Gasteiger partial charge in [0.15, 0.2) is 10.7 Å². The predicted molar refractivity (Wildman–Crippen MR) is 63.9 cm³/mol. The molecule has 0 bridgehead atoms. The van der Waals surface area contributed by atoms with Crippen molar-refractivity contribution in [3.05, 3.63) is 28.7 Å². The fourth-order valence-electron chi connectivity index (χ4n) is 1.65. The topological polar surface area (TPSA) is 52.3 Å². The molecule has 0 fully saturated rings. The third kappa shape index (κ3) is 2.26. The van der Waals surface area contributed by atoms with Gasteiger partial charge < -0.3 is 9.15 Å². The minimum absolute atomic E-state index is 0.282. The molecule has 0 saturated heterocycles. The Morgan fingerprint density at radius 2 is 2.29 bits per heavy atom. The SMILES string of the molecule is CC(=O)O[C@@H](C)c1cc2c(C)coc2c(Cl)n1. The summed E-state index contributed by atoms with van der Waals surface area (Å²) in [6, 6.07) is 1.83. The van der Waals surface area contributed by atoms with Crippen molar-refractivity contribution in [3.8, 4) is 0 Å². The third-order valence-corrected chi connectivity index (χ3v) is 2.75. The second-order valence-corrected chi connectivity index (χ2v) is 4.24. The molecule has 2 heterocycles. The second-order valence-electron chi connectivity index (χ2n) is 3.88. The molecule has 90 valence electrons. The number of aromatic nitrogens is 1. The Morgan fingerprint density at radius 1 is 1.59 bits per heavy atom. The highest BCUT2D eigenvalue weighted by Crippen LogP contribution is 2.29. The van der Waals surface area contributed by atoms with Crippen LogP contribution in [-0.4, -0.2) is 11.0 Å². The molecule has 0 aromatic carbocycles. The molecule has 0 unspecified atom stereocenters. The highest BCUT2D eigenvalue weighted by molar-refractivity contribution is 6.33. The monoisotopic (exact) mass is 253 g/mol. The van der Waals surface area contributed by atoms with E-state index in [0.29, 0.717) is 11.3 Å². The van der Waals surface area contributed by atoms with Crippen LogP contribution in [0.2, 0.25) is 5.15 Å². The van der Waals surface area contributed by atoms with Crippen molar-refractivity contribution in [1.29, 1.82) is 0 Å². The van der Waals surface area contributed by atoms with Crippen LogP contribution in [0.15, 0.2) is 16.7 Å². The maximum atomic E-state index is 10.9. The van der Waals surface area contributed by atoms with Crippen LogP contribution in [0.1, 0.15) is 31.2 Å². The minimum atomic E-state index is -0.427. The molecule has 0 amide bonds. The van der Waals surface area contributed by atoms with Crippen molar-refractivity contribution < 1.29 is 13.9 Å². The Morgan fingerprint density at radius 3 is 2.94 bits per heavy atom. The van der Waals surface area contributed by atoms with Gasteiger partial charge in [-0.15, -0.1) is 0 Å². The van der Waals surface area contributed by atoms with Crippen molar-refractivity contribution in [2.75, 3.05) is 0 Å². The van der Waals surface area contributed by atoms with Gasteiger partial charge >= 0.3 is 5.97 Å². The van der Waals surface area contributed by atoms with E-state index in [-0.39, 0.29) is 11.1 Å². The molecule has 0 N–H and O–H groups in total. The lowest BCUT2D eigenvalue weighted by atomic mass is 10.1. The Bertz CT molecular complexity index is 576. The number of rotatable bonds is 2. The summed E-state index contributed by atoms with van der Waals surface area (Å²) in [5.74, 6) is -0.348. The molecule has 4 nitrogen and oxygen atoms in total. The van der Waals surface area contributed by atoms with Gasteiger partial charge in [0, 0.05) is 12.3 Å². The number of ether oxygens (including phenoxy) is 1. The Kier molecular flexibility index (Phi) is 3.07. The molecule has 0 aliphatic carbocycles. The number of pyridine rings is 1. The van der Waals surface area contributed by atoms with Gasteiger partial charge in [-0.2, -0.15) is 0 Å². The molecule has 0 spiro atoms. The molecule has 0 aliphatic rings. The normalized spacial score (nSPS) is 12.7. The number of esters is 1. The maximum Gasteiger partial charge on any atom is 0.303 e. The number of furan rings is 1. The average molecular weight is 254 g/mol. The average Bonchev–Trinajstić information content (AvgIpc) is 2.60. The molecule has 0 saturated carbocycles. The number of fused-ring (bicyclic) bond motifs is 1. The number of carbonyl (C=O) groups excluding carboxylic acids is 1. The highest BCUT2D eigenvalue weighted by Gasteiger charge is 2.15. The number of aryl methyl sites for hydroxylation is 1. The summed E-state index contributed by atoms with van der Waals surface area (Å²) >= 11 is 6.01. The lowest BCUT2D eigenvalue weighted by Crippen LogP contribution is -2.06. The van der Waals surface area contributed by atoms with Crippen LogP contribution in [0.4, 0.5) is 0 Å². The van der Waals surface area contributed by atoms with Crippen LogP contribution in [0.25, 0.3) is 11.0 Å². The lowest BCUT2D eigenvalue weighted by molar-refractivity contribution is -0.145. The van der Waals surface area contributed by atoms with Gasteiger partial charge in [0.1, 0.15) is 6.10 Å². The van der Waals surface area contributed by atoms with Gasteiger partial charge in [-0.1, -0.05) is 11.6 Å². The van der Waals surface area contributed by atoms with E-state index in [2.05, 4.69) is 4.98 Å². The van der Waals surface area contributed by atoms with E-state index >= 15 is 0 Å². The zero-order chi connectivity index (χ0) is 12.6. The highest BCUT2D eigenvalue weighted by atomic mass is 35.5. The quantitative estimate of drug-likeness (QED) is 0.608. The Hall–Kier alpha value is -1.55. The summed E-state index contributed by atoms with van der Waals surface area (Å²) in [5, 5.41) is 1.17. The van der Waals surface area contributed by atoms with E-state index in [1.165, 1.54) is 6.92 Å². The van der Waals surface area contributed by atoms with Crippen molar-refractivity contribution >= 4 is 28.5 Å². The molecular formula is C12H12ClNO3. The summed E-state index contributed by atoms with van der Waals surface area (Å²) in [6.45, 7) is 5.03. The Labute approximate surface area is 104 Å². The number of hydrogen-bond donors (Lipinski definition) is 0. The smallest absolute Gasteiger partial charge is 0.303 e. The van der Waals surface area contributed by atoms with E-state index in [4.69, 9.17) is 20.8 Å². The van der Waals surface area contributed by atoms with E-state index in [9.17, 15) is 4.79 Å². The van der Waals surface area contributed by atoms with Crippen molar-refractivity contribution in [3.63, 3.8) is 0 Å². The predicted octanol–water partition coefficient (Wildman–Crippen LogP) is 3.41. The van der Waals surface area contributed by atoms with Crippen LogP contribution in [0.3, 0.4) is 0 Å². The largest absolute Gasteiger partial charge is 0.461 e. The van der Waals surface area contributed by atoms with Crippen molar-refractivity contribution in [1.82, 2.24) is 4.98 Å². The zero-order valence-electron chi connectivity index (χ0n) is 9.78. The molecule has 2 rings (SSSR count). The van der Waals surface area contributed by atoms with Crippen LogP contribution in [-0.2, 0) is 9.53 Å². The molecule has 0 radical (unpaired) electrons. The van der Waals surface area contributed by atoms with E-state index in [1.54, 1.807) is 13.2 Å². The summed E-state index contributed by atoms with van der Waals surface area (Å²) in [6.07, 6.45) is 1.20. The Balaban J connectivity index is 2.48. The fourth-order valence-corrected chi connectivity index (χ4v) is 1.90. The first kappa shape index (κ1) is 11.9. The van der Waals surface area contributed by atoms with Crippen molar-refractivity contribution in [2.24, 2.45) is 0 Å². The van der Waals surface area contributed by atoms with Gasteiger partial charge in [0.2, 0.25) is 0 Å². The van der Waals surface area contributed by atoms with E-state index in [1.807, 2.05) is 13.0 Å². The van der Waals surface area contributed by atoms with Gasteiger partial charge in [-0.05, 0) is 25.5 Å². The molecule has 0 aliphatic heterocycles. The fraction of sp³-hybridized carbons (Fsp3) is 0.333. The van der Waals surface area contributed by atoms with Crippen LogP contribution in [0, 0.1) is 6.92 Å². The maximum absolute atomic E-state index is 10.9. The summed E-state index contributed by atoms with van der Waals surface area (Å²) in [4.78, 5) is 15.1. The lowest BCUT2D eigenvalue weighted by Gasteiger charge is -2.11. The standard InChI is InChI=1S/C12H12ClNO3/c1-6-5-16-11-9(6)4-10(14-12(11)13)7(2)17-8(3)15/h4-5,7H,1-3H3/t7-/m0/s1. The van der Waals surface area contributed by atoms with Gasteiger partial charge in [0.25, 0.3) is 0 Å². The minimum Gasteiger partial charge on any atom is -0.461 e. The third-order valence-electron chi connectivity index (χ3n) is 2.49. The summed E-state index contributed by atoms with van der Waals surface area (Å²) < 4.78 is 10.4. The molecule has 2 aromatic rings. The first-order valence-corrected chi connectivity index (χ1v) is 5.58. The van der Waals surface area contributed by atoms with E-state index < -0.39 is 6.10 Å². The van der Waals surface area contributed by atoms with Crippen LogP contribution in [0.5, 0.6) is 0 Å².